The number of pyridine rings is 1. The van der Waals surface area contributed by atoms with E-state index in [1.54, 1.807) is 30.3 Å². The minimum absolute atomic E-state index is 0.0346. The van der Waals surface area contributed by atoms with Crippen molar-refractivity contribution in [3.05, 3.63) is 126 Å². The molecule has 3 aromatic heterocycles. The van der Waals surface area contributed by atoms with E-state index in [0.29, 0.717) is 53.7 Å². The average molecular weight is 891 g/mol. The van der Waals surface area contributed by atoms with E-state index in [4.69, 9.17) is 4.74 Å². The number of benzene rings is 2. The molecule has 13 nitrogen and oxygen atoms in total. The van der Waals surface area contributed by atoms with Gasteiger partial charge in [0.1, 0.15) is 42.2 Å². The summed E-state index contributed by atoms with van der Waals surface area (Å²) >= 11 is 0. The second-order valence-corrected chi connectivity index (χ2v) is 17.9. The summed E-state index contributed by atoms with van der Waals surface area (Å²) in [6, 6.07) is 13.4. The molecule has 1 aliphatic heterocycles. The van der Waals surface area contributed by atoms with Crippen LogP contribution in [0.3, 0.4) is 0 Å². The van der Waals surface area contributed by atoms with Gasteiger partial charge < -0.3 is 19.9 Å². The Morgan fingerprint density at radius 2 is 1.71 bits per heavy atom. The fourth-order valence-corrected chi connectivity index (χ4v) is 8.93. The number of fused-ring (bicyclic) bond motifs is 2. The minimum Gasteiger partial charge on any atom is -0.445 e. The maximum atomic E-state index is 14.9. The Hall–Kier alpha value is -6.71. The van der Waals surface area contributed by atoms with Crippen LogP contribution in [-0.2, 0) is 40.1 Å². The SMILES string of the molecule is C=CCCC(C)(C)CN(C[C@@]12C[C@@H](C(=O)Nc3nc(C(F)(F)F)ccc3C)N(C(=O)Cn3nc(C(C)=O)c4cc(-c5cnc(C)nc5)cc(CC=C)c43)[C@@H]1C2)C(=O)OCc1ccccc1. The van der Waals surface area contributed by atoms with Gasteiger partial charge in [-0.15, -0.1) is 13.2 Å². The van der Waals surface area contributed by atoms with Crippen LogP contribution in [0.2, 0.25) is 0 Å². The number of nitrogens with zero attached hydrogens (tertiary/aromatic N) is 7. The molecule has 3 amide bonds. The number of halogens is 3. The zero-order valence-corrected chi connectivity index (χ0v) is 37.2. The number of Topliss-reactive ketones (excluding diaryl/α,β-unsaturated/α-hetero) is 1. The number of ketones is 1. The van der Waals surface area contributed by atoms with E-state index in [0.717, 1.165) is 29.2 Å². The number of amides is 3. The fourth-order valence-electron chi connectivity index (χ4n) is 8.93. The van der Waals surface area contributed by atoms with E-state index in [9.17, 15) is 32.3 Å². The van der Waals surface area contributed by atoms with Gasteiger partial charge in [0.25, 0.3) is 0 Å². The fraction of sp³-hybridized carbons (Fsp3) is 0.388. The van der Waals surface area contributed by atoms with Crippen molar-refractivity contribution in [3.63, 3.8) is 0 Å². The quantitative estimate of drug-likeness (QED) is 0.0712. The first-order chi connectivity index (χ1) is 30.8. The molecule has 3 atom stereocenters. The van der Waals surface area contributed by atoms with Gasteiger partial charge in [-0.2, -0.15) is 18.3 Å². The Labute approximate surface area is 375 Å². The lowest BCUT2D eigenvalue weighted by molar-refractivity contribution is -0.141. The molecule has 2 fully saturated rings. The lowest BCUT2D eigenvalue weighted by atomic mass is 9.86. The predicted octanol–water partition coefficient (Wildman–Crippen LogP) is 9.08. The van der Waals surface area contributed by atoms with Gasteiger partial charge in [0.05, 0.1) is 5.52 Å². The summed E-state index contributed by atoms with van der Waals surface area (Å²) in [5.74, 6) is -1.25. The second-order valence-electron chi connectivity index (χ2n) is 17.9. The first kappa shape index (κ1) is 46.3. The number of aryl methyl sites for hydroxylation is 2. The minimum atomic E-state index is -4.77. The smallest absolute Gasteiger partial charge is 0.433 e. The number of alkyl halides is 3. The summed E-state index contributed by atoms with van der Waals surface area (Å²) < 4.78 is 48.7. The highest BCUT2D eigenvalue weighted by molar-refractivity contribution is 6.07. The van der Waals surface area contributed by atoms with Crippen LogP contribution in [0.4, 0.5) is 23.8 Å². The maximum Gasteiger partial charge on any atom is 0.433 e. The first-order valence-corrected chi connectivity index (χ1v) is 21.5. The van der Waals surface area contributed by atoms with Crippen LogP contribution in [-0.4, -0.2) is 83.4 Å². The molecule has 0 radical (unpaired) electrons. The highest BCUT2D eigenvalue weighted by atomic mass is 19.4. The number of rotatable bonds is 17. The Kier molecular flexibility index (Phi) is 13.1. The monoisotopic (exact) mass is 890 g/mol. The molecule has 2 aliphatic rings. The number of anilines is 1. The third kappa shape index (κ3) is 10.2. The molecule has 2 aromatic carbocycles. The van der Waals surface area contributed by atoms with E-state index in [-0.39, 0.29) is 48.8 Å². The molecule has 0 unspecified atom stereocenters. The lowest BCUT2D eigenvalue weighted by Gasteiger charge is -2.34. The molecule has 1 saturated carbocycles. The van der Waals surface area contributed by atoms with E-state index in [2.05, 4.69) is 38.5 Å². The van der Waals surface area contributed by atoms with Gasteiger partial charge in [0.2, 0.25) is 11.8 Å². The number of aromatic nitrogens is 5. The predicted molar refractivity (Wildman–Crippen MR) is 240 cm³/mol. The molecule has 0 spiro atoms. The van der Waals surface area contributed by atoms with E-state index >= 15 is 0 Å². The third-order valence-electron chi connectivity index (χ3n) is 12.3. The van der Waals surface area contributed by atoms with E-state index in [1.807, 2.05) is 62.4 Å². The first-order valence-electron chi connectivity index (χ1n) is 21.5. The Balaban J connectivity index is 1.25. The molecule has 1 saturated heterocycles. The summed E-state index contributed by atoms with van der Waals surface area (Å²) in [7, 11) is 0. The molecule has 7 rings (SSSR count). The summed E-state index contributed by atoms with van der Waals surface area (Å²) in [4.78, 5) is 72.1. The molecular weight excluding hydrogens is 838 g/mol. The number of nitrogens with one attached hydrogen (secondary N) is 1. The Bertz CT molecular complexity index is 2650. The van der Waals surface area contributed by atoms with Crippen molar-refractivity contribution in [3.8, 4) is 11.1 Å². The molecule has 5 aromatic rings. The molecular formula is C49H53F3N8O5. The molecule has 4 heterocycles. The van der Waals surface area contributed by atoms with Crippen LogP contribution in [0.1, 0.15) is 85.2 Å². The lowest BCUT2D eigenvalue weighted by Crippen LogP contribution is -2.47. The number of allylic oxidation sites excluding steroid dienone is 2. The summed E-state index contributed by atoms with van der Waals surface area (Å²) in [6.45, 7) is 16.7. The largest absolute Gasteiger partial charge is 0.445 e. The molecule has 16 heteroatoms. The van der Waals surface area contributed by atoms with Crippen molar-refractivity contribution >= 4 is 40.4 Å². The summed E-state index contributed by atoms with van der Waals surface area (Å²) in [5, 5.41) is 7.78. The topological polar surface area (TPSA) is 153 Å². The number of likely N-dealkylation sites (tertiary alicyclic amines) is 1. The van der Waals surface area contributed by atoms with Gasteiger partial charge in [0, 0.05) is 54.8 Å². The molecule has 0 bridgehead atoms. The van der Waals surface area contributed by atoms with E-state index < -0.39 is 47.3 Å². The van der Waals surface area contributed by atoms with Gasteiger partial charge >= 0.3 is 12.3 Å². The van der Waals surface area contributed by atoms with Crippen molar-refractivity contribution in [1.82, 2.24) is 34.5 Å². The number of carbonyl (C=O) groups is 4. The summed E-state index contributed by atoms with van der Waals surface area (Å²) in [5.41, 5.74) is 1.63. The highest BCUT2D eigenvalue weighted by Gasteiger charge is 2.68. The Morgan fingerprint density at radius 3 is 2.37 bits per heavy atom. The van der Waals surface area contributed by atoms with Crippen LogP contribution >= 0.6 is 0 Å². The summed E-state index contributed by atoms with van der Waals surface area (Å²) in [6.07, 6.45) is 3.92. The number of hydrogen-bond acceptors (Lipinski definition) is 9. The van der Waals surface area contributed by atoms with Crippen LogP contribution in [0.25, 0.3) is 22.0 Å². The Morgan fingerprint density at radius 1 is 0.985 bits per heavy atom. The second kappa shape index (κ2) is 18.4. The van der Waals surface area contributed by atoms with E-state index in [1.165, 1.54) is 29.5 Å². The molecule has 1 aliphatic carbocycles. The third-order valence-corrected chi connectivity index (χ3v) is 12.3. The van der Waals surface area contributed by atoms with Crippen molar-refractivity contribution in [2.45, 2.75) is 98.1 Å². The van der Waals surface area contributed by atoms with Gasteiger partial charge in [-0.1, -0.05) is 62.4 Å². The molecule has 1 N–H and O–H groups in total. The number of carbonyl (C=O) groups excluding carboxylic acids is 4. The zero-order chi connectivity index (χ0) is 46.8. The average Bonchev–Trinajstić information content (AvgIpc) is 3.65. The van der Waals surface area contributed by atoms with Crippen molar-refractivity contribution in [2.75, 3.05) is 18.4 Å². The number of piperidine rings is 1. The van der Waals surface area contributed by atoms with Crippen LogP contribution in [0, 0.1) is 24.7 Å². The van der Waals surface area contributed by atoms with Crippen molar-refractivity contribution in [1.29, 1.82) is 0 Å². The normalized spacial score (nSPS) is 17.9. The van der Waals surface area contributed by atoms with Crippen molar-refractivity contribution < 1.29 is 37.1 Å². The van der Waals surface area contributed by atoms with Crippen molar-refractivity contribution in [2.24, 2.45) is 10.8 Å². The zero-order valence-electron chi connectivity index (χ0n) is 37.2. The van der Waals surface area contributed by atoms with Crippen LogP contribution in [0.5, 0.6) is 0 Å². The van der Waals surface area contributed by atoms with Gasteiger partial charge in [-0.25, -0.2) is 19.7 Å². The maximum absolute atomic E-state index is 14.9. The van der Waals surface area contributed by atoms with Crippen LogP contribution in [0.15, 0.2) is 92.3 Å². The number of ether oxygens (including phenoxy) is 1. The van der Waals surface area contributed by atoms with Gasteiger partial charge in [-0.3, -0.25) is 19.1 Å². The molecule has 340 valence electrons. The number of hydrogen-bond donors (Lipinski definition) is 1. The standard InChI is InChI=1S/C49H53F3N8O5/c1-8-10-19-47(6,7)28-58(46(64)65-27-33-15-12-11-13-16-33)29-48-22-38(45(63)56-44-30(3)17-18-39(55-44)49(50,51)52)60(40(48)23-48)41(62)26-59-43-34(14-9-2)20-35(36-24-53-32(5)54-25-36)21-37(43)42(57-59)31(4)61/h8-9,11-13,15-18,20-21,24-25,38,40H,1-2,10,14,19,22-23,26-29H2,3-7H3,(H,55,56,63)/t38-,40+,48-/m0/s1. The van der Waals surface area contributed by atoms with Gasteiger partial charge in [0.15, 0.2) is 5.78 Å². The van der Waals surface area contributed by atoms with Crippen LogP contribution < -0.4 is 5.32 Å². The molecule has 65 heavy (non-hydrogen) atoms. The highest BCUT2D eigenvalue weighted by Crippen LogP contribution is 2.60. The van der Waals surface area contributed by atoms with Gasteiger partial charge in [-0.05, 0) is 91.8 Å².